The Morgan fingerprint density at radius 2 is 2.44 bits per heavy atom. The average Bonchev–Trinajstić information content (AvgIpc) is 2.73. The Morgan fingerprint density at radius 1 is 1.67 bits per heavy atom. The minimum Gasteiger partial charge on any atom is -0.383 e. The smallest absolute Gasteiger partial charge is 0.276 e. The Bertz CT molecular complexity index is 460. The van der Waals surface area contributed by atoms with Crippen molar-refractivity contribution in [3.05, 3.63) is 22.2 Å². The summed E-state index contributed by atoms with van der Waals surface area (Å²) in [5.74, 6) is 1.80. The molecule has 0 amide bonds. The Labute approximate surface area is 110 Å². The molecule has 1 aromatic heterocycles. The summed E-state index contributed by atoms with van der Waals surface area (Å²) in [6, 6.07) is 2.68. The molecule has 0 saturated carbocycles. The molecule has 0 spiro atoms. The van der Waals surface area contributed by atoms with E-state index in [2.05, 4.69) is 17.2 Å². The van der Waals surface area contributed by atoms with Gasteiger partial charge < -0.3 is 11.1 Å². The molecule has 3 N–H and O–H groups in total. The fraction of sp³-hybridized carbons (Fsp3) is 0.545. The van der Waals surface area contributed by atoms with Crippen molar-refractivity contribution in [3.8, 4) is 0 Å². The van der Waals surface area contributed by atoms with Crippen molar-refractivity contribution in [2.24, 2.45) is 0 Å². The Balaban J connectivity index is 2.07. The molecule has 2 heterocycles. The predicted molar refractivity (Wildman–Crippen MR) is 73.9 cm³/mol. The van der Waals surface area contributed by atoms with Gasteiger partial charge in [0.05, 0.1) is 17.1 Å². The third-order valence-corrected chi connectivity index (χ3v) is 4.52. The van der Waals surface area contributed by atoms with Gasteiger partial charge in [-0.25, -0.2) is 4.98 Å². The topological polar surface area (TPSA) is 94.1 Å². The number of aromatic nitrogens is 1. The van der Waals surface area contributed by atoms with Gasteiger partial charge in [0.25, 0.3) is 5.69 Å². The van der Waals surface area contributed by atoms with E-state index in [9.17, 15) is 10.1 Å². The first-order valence-corrected chi connectivity index (χ1v) is 6.77. The van der Waals surface area contributed by atoms with E-state index in [1.807, 2.05) is 11.8 Å². The van der Waals surface area contributed by atoms with Crippen LogP contribution < -0.4 is 11.1 Å². The van der Waals surface area contributed by atoms with E-state index in [4.69, 9.17) is 5.73 Å². The van der Waals surface area contributed by atoms with E-state index in [0.717, 1.165) is 13.0 Å². The summed E-state index contributed by atoms with van der Waals surface area (Å²) in [5, 5.41) is 13.9. The first-order valence-electron chi connectivity index (χ1n) is 5.78. The van der Waals surface area contributed by atoms with Crippen molar-refractivity contribution in [3.63, 3.8) is 0 Å². The number of nitrogens with two attached hydrogens (primary N) is 1. The minimum atomic E-state index is -0.463. The second-order valence-corrected chi connectivity index (χ2v) is 6.33. The lowest BCUT2D eigenvalue weighted by atomic mass is 10.1. The quantitative estimate of drug-likeness (QED) is 0.642. The van der Waals surface area contributed by atoms with Gasteiger partial charge >= 0.3 is 0 Å². The molecule has 1 aliphatic heterocycles. The van der Waals surface area contributed by atoms with E-state index in [1.54, 1.807) is 0 Å². The number of nitrogens with one attached hydrogen (secondary N) is 1. The van der Waals surface area contributed by atoms with Gasteiger partial charge in [-0.15, -0.1) is 0 Å². The number of thioether (sulfide) groups is 1. The normalized spacial score (nSPS) is 22.9. The number of nitro groups is 1. The van der Waals surface area contributed by atoms with Gasteiger partial charge in [-0.2, -0.15) is 11.8 Å². The molecule has 1 atom stereocenters. The second-order valence-electron chi connectivity index (χ2n) is 4.65. The molecular formula is C11H16N4O2S. The average molecular weight is 268 g/mol. The lowest BCUT2D eigenvalue weighted by Crippen LogP contribution is -2.27. The van der Waals surface area contributed by atoms with Crippen LogP contribution in [0.2, 0.25) is 0 Å². The second kappa shape index (κ2) is 5.01. The van der Waals surface area contributed by atoms with Gasteiger partial charge in [0, 0.05) is 11.3 Å². The maximum absolute atomic E-state index is 10.7. The van der Waals surface area contributed by atoms with Crippen molar-refractivity contribution in [2.45, 2.75) is 24.5 Å². The number of pyridine rings is 1. The number of hydrogen-bond donors (Lipinski definition) is 2. The summed E-state index contributed by atoms with van der Waals surface area (Å²) >= 11 is 1.92. The van der Waals surface area contributed by atoms with Crippen LogP contribution in [0, 0.1) is 10.1 Å². The van der Waals surface area contributed by atoms with Crippen LogP contribution in [0.25, 0.3) is 0 Å². The minimum absolute atomic E-state index is 0.0331. The molecule has 0 aromatic carbocycles. The lowest BCUT2D eigenvalue weighted by Gasteiger charge is -2.23. The Hall–Kier alpha value is -1.50. The first-order chi connectivity index (χ1) is 8.48. The van der Waals surface area contributed by atoms with E-state index >= 15 is 0 Å². The summed E-state index contributed by atoms with van der Waals surface area (Å²) < 4.78 is 0.182. The van der Waals surface area contributed by atoms with Gasteiger partial charge in [0.15, 0.2) is 0 Å². The van der Waals surface area contributed by atoms with Crippen molar-refractivity contribution in [2.75, 3.05) is 23.3 Å². The van der Waals surface area contributed by atoms with Crippen molar-refractivity contribution < 1.29 is 4.92 Å². The number of nitrogen functional groups attached to an aromatic ring is 1. The van der Waals surface area contributed by atoms with Crippen molar-refractivity contribution >= 4 is 29.1 Å². The van der Waals surface area contributed by atoms with Crippen LogP contribution in [0.15, 0.2) is 12.1 Å². The largest absolute Gasteiger partial charge is 0.383 e. The van der Waals surface area contributed by atoms with Crippen molar-refractivity contribution in [1.29, 1.82) is 0 Å². The van der Waals surface area contributed by atoms with Gasteiger partial charge in [0.1, 0.15) is 11.6 Å². The third kappa shape index (κ3) is 3.04. The molecule has 0 bridgehead atoms. The maximum Gasteiger partial charge on any atom is 0.276 e. The summed E-state index contributed by atoms with van der Waals surface area (Å²) in [6.45, 7) is 2.93. The van der Waals surface area contributed by atoms with Gasteiger partial charge in [-0.3, -0.25) is 10.1 Å². The lowest BCUT2D eigenvalue weighted by molar-refractivity contribution is -0.384. The highest BCUT2D eigenvalue weighted by molar-refractivity contribution is 8.00. The predicted octanol–water partition coefficient (Wildman–Crippen LogP) is 2.27. The molecular weight excluding hydrogens is 252 g/mol. The molecule has 2 rings (SSSR count). The maximum atomic E-state index is 10.7. The molecule has 1 aromatic rings. The van der Waals surface area contributed by atoms with E-state index in [1.165, 1.54) is 24.3 Å². The van der Waals surface area contributed by atoms with E-state index in [0.29, 0.717) is 5.82 Å². The van der Waals surface area contributed by atoms with Crippen LogP contribution in [0.1, 0.15) is 19.8 Å². The van der Waals surface area contributed by atoms with Gasteiger partial charge in [0.2, 0.25) is 0 Å². The molecule has 7 heteroatoms. The van der Waals surface area contributed by atoms with E-state index < -0.39 is 4.92 Å². The Morgan fingerprint density at radius 3 is 3.06 bits per heavy atom. The fourth-order valence-electron chi connectivity index (χ4n) is 1.99. The van der Waals surface area contributed by atoms with Crippen molar-refractivity contribution in [1.82, 2.24) is 4.98 Å². The molecule has 98 valence electrons. The van der Waals surface area contributed by atoms with Crippen LogP contribution >= 0.6 is 11.8 Å². The number of hydrogen-bond acceptors (Lipinski definition) is 6. The Kier molecular flexibility index (Phi) is 3.60. The molecule has 1 unspecified atom stereocenters. The summed E-state index contributed by atoms with van der Waals surface area (Å²) in [6.07, 6.45) is 2.36. The third-order valence-electron chi connectivity index (χ3n) is 2.98. The highest BCUT2D eigenvalue weighted by Crippen LogP contribution is 2.37. The zero-order valence-electron chi connectivity index (χ0n) is 10.2. The highest BCUT2D eigenvalue weighted by atomic mass is 32.2. The summed E-state index contributed by atoms with van der Waals surface area (Å²) in [7, 11) is 0. The van der Waals surface area contributed by atoms with Crippen LogP contribution in [-0.4, -0.2) is 27.0 Å². The van der Waals surface area contributed by atoms with Gasteiger partial charge in [-0.05, 0) is 25.5 Å². The van der Waals surface area contributed by atoms with Crippen LogP contribution in [0.5, 0.6) is 0 Å². The summed E-state index contributed by atoms with van der Waals surface area (Å²) in [5.41, 5.74) is 5.52. The first kappa shape index (κ1) is 12.9. The zero-order valence-corrected chi connectivity index (χ0v) is 11.0. The van der Waals surface area contributed by atoms with Gasteiger partial charge in [-0.1, -0.05) is 0 Å². The fourth-order valence-corrected chi connectivity index (χ4v) is 3.23. The molecule has 1 saturated heterocycles. The van der Waals surface area contributed by atoms with Crippen LogP contribution in [-0.2, 0) is 0 Å². The monoisotopic (exact) mass is 268 g/mol. The molecule has 0 radical (unpaired) electrons. The molecule has 18 heavy (non-hydrogen) atoms. The molecule has 1 aliphatic rings. The number of anilines is 2. The SMILES string of the molecule is CC1(CNc2cc([N+](=O)[O-])cc(N)n2)CCCS1. The molecule has 1 fully saturated rings. The highest BCUT2D eigenvalue weighted by Gasteiger charge is 2.29. The zero-order chi connectivity index (χ0) is 13.2. The summed E-state index contributed by atoms with van der Waals surface area (Å²) in [4.78, 5) is 14.3. The molecule has 6 nitrogen and oxygen atoms in total. The number of rotatable bonds is 4. The van der Waals surface area contributed by atoms with E-state index in [-0.39, 0.29) is 16.3 Å². The van der Waals surface area contributed by atoms with Crippen LogP contribution in [0.3, 0.4) is 0 Å². The molecule has 0 aliphatic carbocycles. The van der Waals surface area contributed by atoms with Crippen LogP contribution in [0.4, 0.5) is 17.3 Å². The standard InChI is InChI=1S/C11H16N4O2S/c1-11(3-2-4-18-11)7-13-10-6-8(15(16)17)5-9(12)14-10/h5-6H,2-4,7H2,1H3,(H3,12,13,14). The number of nitrogens with zero attached hydrogens (tertiary/aromatic N) is 2.